The van der Waals surface area contributed by atoms with E-state index in [1.807, 2.05) is 35.9 Å². The molecule has 44 heavy (non-hydrogen) atoms. The summed E-state index contributed by atoms with van der Waals surface area (Å²) in [7, 11) is 1.67. The number of benzene rings is 3. The maximum Gasteiger partial charge on any atom is 0.194 e. The molecule has 4 aromatic rings. The largest absolute Gasteiger partial charge is 0.495 e. The molecule has 3 atom stereocenters. The van der Waals surface area contributed by atoms with Crippen LogP contribution < -0.4 is 4.74 Å². The predicted molar refractivity (Wildman–Crippen MR) is 160 cm³/mol. The van der Waals surface area contributed by atoms with Crippen LogP contribution in [-0.4, -0.2) is 58.5 Å². The fourth-order valence-electron chi connectivity index (χ4n) is 7.37. The van der Waals surface area contributed by atoms with Crippen LogP contribution in [0.5, 0.6) is 5.75 Å². The third-order valence-corrected chi connectivity index (χ3v) is 9.35. The number of nitrogens with zero attached hydrogens (tertiary/aromatic N) is 5. The van der Waals surface area contributed by atoms with Crippen molar-refractivity contribution in [2.45, 2.75) is 38.3 Å². The van der Waals surface area contributed by atoms with Crippen molar-refractivity contribution in [3.8, 4) is 11.4 Å². The Labute approximate surface area is 254 Å². The van der Waals surface area contributed by atoms with Crippen molar-refractivity contribution < 1.29 is 22.7 Å². The van der Waals surface area contributed by atoms with Crippen molar-refractivity contribution in [3.63, 3.8) is 0 Å². The Morgan fingerprint density at radius 1 is 1.02 bits per heavy atom. The average molecular weight is 602 g/mol. The number of hydrogen-bond donors (Lipinski definition) is 0. The molecule has 3 aliphatic rings. The molecule has 3 aliphatic heterocycles. The van der Waals surface area contributed by atoms with Crippen LogP contribution in [0.15, 0.2) is 78.3 Å². The molecule has 7 nitrogen and oxygen atoms in total. The van der Waals surface area contributed by atoms with Crippen LogP contribution in [0.4, 0.5) is 13.2 Å². The molecular formula is C34H34F3N5O2. The molecule has 2 unspecified atom stereocenters. The molecule has 0 aliphatic carbocycles. The summed E-state index contributed by atoms with van der Waals surface area (Å²) in [5.74, 6) is -2.33. The van der Waals surface area contributed by atoms with Crippen molar-refractivity contribution in [2.75, 3.05) is 33.4 Å². The Morgan fingerprint density at radius 2 is 1.82 bits per heavy atom. The topological polar surface area (TPSA) is 55.1 Å². The van der Waals surface area contributed by atoms with Crippen molar-refractivity contribution in [1.29, 1.82) is 0 Å². The van der Waals surface area contributed by atoms with E-state index in [1.54, 1.807) is 13.4 Å². The first-order valence-corrected chi connectivity index (χ1v) is 14.9. The Kier molecular flexibility index (Phi) is 7.32. The lowest BCUT2D eigenvalue weighted by Gasteiger charge is -2.49. The number of hydrogen-bond acceptors (Lipinski definition) is 6. The van der Waals surface area contributed by atoms with Gasteiger partial charge in [0.25, 0.3) is 0 Å². The second-order valence-corrected chi connectivity index (χ2v) is 12.0. The number of aromatic nitrogens is 2. The Bertz CT molecular complexity index is 1690. The first kappa shape index (κ1) is 28.5. The van der Waals surface area contributed by atoms with Gasteiger partial charge >= 0.3 is 0 Å². The van der Waals surface area contributed by atoms with E-state index in [0.717, 1.165) is 73.1 Å². The normalized spacial score (nSPS) is 23.4. The van der Waals surface area contributed by atoms with Crippen LogP contribution in [0, 0.1) is 29.8 Å². The summed E-state index contributed by atoms with van der Waals surface area (Å²) in [5, 5.41) is 4.66. The standard InChI is InChI=1S/C34H34F3N5O2/c1-22-16-41(21-38-22)29-10-9-24(15-31(29)43-2)26-18-40(17-23-7-4-3-5-8-23)20-34(26)11-6-12-42-30(19-44-39-33(34)42)25-13-27(35)32(37)28(36)14-25/h3-5,7-10,13-16,21,26,30H,6,11-12,17-20H2,1-2H3/t26?,30-,34?/m1/s1. The van der Waals surface area contributed by atoms with Gasteiger partial charge in [-0.1, -0.05) is 41.6 Å². The molecule has 3 aromatic carbocycles. The summed E-state index contributed by atoms with van der Waals surface area (Å²) >= 11 is 0. The van der Waals surface area contributed by atoms with Gasteiger partial charge in [-0.2, -0.15) is 0 Å². The molecule has 2 saturated heterocycles. The highest BCUT2D eigenvalue weighted by Gasteiger charge is 2.56. The average Bonchev–Trinajstić information content (AvgIpc) is 3.63. The molecule has 1 spiro atoms. The number of halogens is 3. The number of aryl methyl sites for hydroxylation is 1. The molecule has 0 amide bonds. The van der Waals surface area contributed by atoms with E-state index in [1.165, 1.54) is 5.56 Å². The quantitative estimate of drug-likeness (QED) is 0.241. The van der Waals surface area contributed by atoms with E-state index < -0.39 is 28.9 Å². The molecule has 228 valence electrons. The zero-order valence-corrected chi connectivity index (χ0v) is 24.7. The minimum Gasteiger partial charge on any atom is -0.495 e. The minimum absolute atomic E-state index is 0.0317. The predicted octanol–water partition coefficient (Wildman–Crippen LogP) is 6.37. The molecule has 0 radical (unpaired) electrons. The number of fused-ring (bicyclic) bond motifs is 2. The lowest BCUT2D eigenvalue weighted by atomic mass is 9.68. The molecular weight excluding hydrogens is 567 g/mol. The SMILES string of the molecule is COc1cc(C2CN(Cc3ccccc3)CC23CCCN2C3=NOC[C@@H]2c2cc(F)c(F)c(F)c2)ccc1-n1cnc(C)c1. The summed E-state index contributed by atoms with van der Waals surface area (Å²) in [6.45, 7) is 5.01. The van der Waals surface area contributed by atoms with Gasteiger partial charge in [-0.15, -0.1) is 0 Å². The molecule has 7 rings (SSSR count). The van der Waals surface area contributed by atoms with Gasteiger partial charge in [0.15, 0.2) is 23.3 Å². The number of oxime groups is 1. The van der Waals surface area contributed by atoms with E-state index in [0.29, 0.717) is 12.1 Å². The number of piperidine rings is 1. The Balaban J connectivity index is 1.29. The number of likely N-dealkylation sites (tertiary alicyclic amines) is 1. The molecule has 10 heteroatoms. The van der Waals surface area contributed by atoms with E-state index in [9.17, 15) is 13.2 Å². The van der Waals surface area contributed by atoms with Gasteiger partial charge < -0.3 is 19.0 Å². The zero-order valence-electron chi connectivity index (χ0n) is 24.7. The van der Waals surface area contributed by atoms with Crippen LogP contribution in [0.3, 0.4) is 0 Å². The maximum atomic E-state index is 14.4. The van der Waals surface area contributed by atoms with E-state index in [-0.39, 0.29) is 12.5 Å². The molecule has 2 fully saturated rings. The zero-order chi connectivity index (χ0) is 30.4. The van der Waals surface area contributed by atoms with E-state index >= 15 is 0 Å². The van der Waals surface area contributed by atoms with Crippen LogP contribution in [-0.2, 0) is 11.4 Å². The number of ether oxygens (including phenoxy) is 1. The van der Waals surface area contributed by atoms with E-state index in [2.05, 4.69) is 50.3 Å². The summed E-state index contributed by atoms with van der Waals surface area (Å²) < 4.78 is 50.4. The Morgan fingerprint density at radius 3 is 2.55 bits per heavy atom. The highest BCUT2D eigenvalue weighted by atomic mass is 19.2. The smallest absolute Gasteiger partial charge is 0.194 e. The number of rotatable bonds is 6. The minimum atomic E-state index is -1.47. The third kappa shape index (κ3) is 4.91. The lowest BCUT2D eigenvalue weighted by Crippen LogP contribution is -2.55. The van der Waals surface area contributed by atoms with Crippen LogP contribution in [0.2, 0.25) is 0 Å². The highest BCUT2D eigenvalue weighted by Crippen LogP contribution is 2.53. The van der Waals surface area contributed by atoms with Gasteiger partial charge in [0.2, 0.25) is 0 Å². The highest BCUT2D eigenvalue weighted by molar-refractivity contribution is 5.91. The van der Waals surface area contributed by atoms with Crippen molar-refractivity contribution in [3.05, 3.63) is 113 Å². The fraction of sp³-hybridized carbons (Fsp3) is 0.353. The molecule has 0 saturated carbocycles. The maximum absolute atomic E-state index is 14.4. The molecule has 1 aromatic heterocycles. The second kappa shape index (κ2) is 11.3. The van der Waals surface area contributed by atoms with Gasteiger partial charge in [-0.05, 0) is 60.7 Å². The summed E-state index contributed by atoms with van der Waals surface area (Å²) in [4.78, 5) is 14.8. The van der Waals surface area contributed by atoms with Gasteiger partial charge in [0.1, 0.15) is 12.4 Å². The number of imidazole rings is 1. The Hall–Kier alpha value is -4.31. The summed E-state index contributed by atoms with van der Waals surface area (Å²) in [6.07, 6.45) is 5.47. The summed E-state index contributed by atoms with van der Waals surface area (Å²) in [5.41, 5.74) is 4.05. The number of methoxy groups -OCH3 is 1. The molecule has 0 N–H and O–H groups in total. The van der Waals surface area contributed by atoms with Gasteiger partial charge in [0, 0.05) is 38.3 Å². The monoisotopic (exact) mass is 601 g/mol. The third-order valence-electron chi connectivity index (χ3n) is 9.35. The van der Waals surface area contributed by atoms with Crippen molar-refractivity contribution in [2.24, 2.45) is 10.6 Å². The van der Waals surface area contributed by atoms with Gasteiger partial charge in [-0.25, -0.2) is 18.2 Å². The van der Waals surface area contributed by atoms with Crippen LogP contribution in [0.1, 0.15) is 47.2 Å². The van der Waals surface area contributed by atoms with Crippen molar-refractivity contribution in [1.82, 2.24) is 19.4 Å². The van der Waals surface area contributed by atoms with Gasteiger partial charge in [0.05, 0.1) is 36.3 Å². The first-order valence-electron chi connectivity index (χ1n) is 14.9. The van der Waals surface area contributed by atoms with Crippen LogP contribution >= 0.6 is 0 Å². The van der Waals surface area contributed by atoms with Crippen LogP contribution in [0.25, 0.3) is 5.69 Å². The van der Waals surface area contributed by atoms with Crippen molar-refractivity contribution >= 4 is 5.84 Å². The van der Waals surface area contributed by atoms with E-state index in [4.69, 9.17) is 9.57 Å². The fourth-order valence-corrected chi connectivity index (χ4v) is 7.37. The summed E-state index contributed by atoms with van der Waals surface area (Å²) in [6, 6.07) is 18.4. The molecule has 0 bridgehead atoms. The number of amidine groups is 1. The van der Waals surface area contributed by atoms with Gasteiger partial charge in [-0.3, -0.25) is 4.90 Å². The second-order valence-electron chi connectivity index (χ2n) is 12.0. The molecule has 4 heterocycles. The lowest BCUT2D eigenvalue weighted by molar-refractivity contribution is 0.0348. The first-order chi connectivity index (χ1) is 21.4.